The second-order valence-electron chi connectivity index (χ2n) is 5.23. The fourth-order valence-electron chi connectivity index (χ4n) is 2.27. The first kappa shape index (κ1) is 16.3. The first-order chi connectivity index (χ1) is 12.2. The van der Waals surface area contributed by atoms with E-state index < -0.39 is 11.8 Å². The van der Waals surface area contributed by atoms with Crippen LogP contribution in [0.2, 0.25) is 0 Å². The van der Waals surface area contributed by atoms with Gasteiger partial charge in [0.25, 0.3) is 5.91 Å². The molecule has 3 aromatic rings. The molecule has 0 unspecified atom stereocenters. The molecule has 25 heavy (non-hydrogen) atoms. The van der Waals surface area contributed by atoms with Gasteiger partial charge in [-0.1, -0.05) is 18.2 Å². The molecule has 2 N–H and O–H groups in total. The lowest BCUT2D eigenvalue weighted by Gasteiger charge is -2.04. The van der Waals surface area contributed by atoms with Gasteiger partial charge in [0.05, 0.1) is 13.4 Å². The molecule has 0 aliphatic heterocycles. The number of hydrazine groups is 1. The van der Waals surface area contributed by atoms with Gasteiger partial charge in [-0.05, 0) is 52.7 Å². The van der Waals surface area contributed by atoms with E-state index in [0.29, 0.717) is 0 Å². The van der Waals surface area contributed by atoms with Crippen molar-refractivity contribution < 1.29 is 18.7 Å². The summed E-state index contributed by atoms with van der Waals surface area (Å²) in [5.74, 6) is -0.0576. The molecule has 0 radical (unpaired) electrons. The quantitative estimate of drug-likeness (QED) is 0.567. The van der Waals surface area contributed by atoms with E-state index in [4.69, 9.17) is 9.15 Å². The number of carbonyl (C=O) groups is 2. The number of furan rings is 1. The maximum atomic E-state index is 11.8. The molecule has 2 amide bonds. The van der Waals surface area contributed by atoms with Gasteiger partial charge in [-0.25, -0.2) is 0 Å². The fourth-order valence-corrected chi connectivity index (χ4v) is 2.27. The van der Waals surface area contributed by atoms with E-state index in [-0.39, 0.29) is 5.76 Å². The molecule has 0 bridgehead atoms. The molecule has 0 saturated carbocycles. The predicted octanol–water partition coefficient (Wildman–Crippen LogP) is 2.92. The Labute approximate surface area is 144 Å². The molecule has 0 aliphatic rings. The largest absolute Gasteiger partial charge is 0.497 e. The van der Waals surface area contributed by atoms with Crippen LogP contribution in [0.4, 0.5) is 0 Å². The Hall–Kier alpha value is -3.54. The summed E-state index contributed by atoms with van der Waals surface area (Å²) < 4.78 is 10.1. The van der Waals surface area contributed by atoms with Crippen molar-refractivity contribution in [3.63, 3.8) is 0 Å². The molecule has 0 fully saturated rings. The second-order valence-corrected chi connectivity index (χ2v) is 5.23. The second kappa shape index (κ2) is 7.35. The Balaban J connectivity index is 1.62. The Bertz CT molecular complexity index is 930. The zero-order chi connectivity index (χ0) is 17.6. The van der Waals surface area contributed by atoms with Crippen molar-refractivity contribution in [2.24, 2.45) is 0 Å². The third-order valence-corrected chi connectivity index (χ3v) is 3.54. The Morgan fingerprint density at radius 2 is 1.84 bits per heavy atom. The number of rotatable bonds is 4. The number of amides is 2. The van der Waals surface area contributed by atoms with Crippen LogP contribution in [0, 0.1) is 0 Å². The molecule has 0 saturated heterocycles. The van der Waals surface area contributed by atoms with Crippen LogP contribution in [0.5, 0.6) is 5.75 Å². The van der Waals surface area contributed by atoms with Crippen molar-refractivity contribution in [3.05, 3.63) is 72.2 Å². The summed E-state index contributed by atoms with van der Waals surface area (Å²) in [6.07, 6.45) is 4.39. The number of hydrogen-bond donors (Lipinski definition) is 2. The van der Waals surface area contributed by atoms with Crippen LogP contribution in [-0.4, -0.2) is 18.9 Å². The Morgan fingerprint density at radius 1 is 1.04 bits per heavy atom. The van der Waals surface area contributed by atoms with Crippen molar-refractivity contribution in [1.82, 2.24) is 10.9 Å². The van der Waals surface area contributed by atoms with Crippen molar-refractivity contribution in [2.75, 3.05) is 7.11 Å². The van der Waals surface area contributed by atoms with Gasteiger partial charge < -0.3 is 9.15 Å². The standard InChI is InChI=1S/C19H16N2O4/c1-24-16-8-7-14-11-13(4-6-15(14)12-16)5-9-18(22)20-21-19(23)17-3-2-10-25-17/h2-12H,1H3,(H,20,22)(H,21,23). The van der Waals surface area contributed by atoms with Gasteiger partial charge in [-0.15, -0.1) is 0 Å². The molecule has 6 nitrogen and oxygen atoms in total. The summed E-state index contributed by atoms with van der Waals surface area (Å²) >= 11 is 0. The van der Waals surface area contributed by atoms with Gasteiger partial charge in [-0.3, -0.25) is 20.4 Å². The summed E-state index contributed by atoms with van der Waals surface area (Å²) in [6.45, 7) is 0. The molecule has 0 aliphatic carbocycles. The summed E-state index contributed by atoms with van der Waals surface area (Å²) in [5, 5.41) is 2.08. The highest BCUT2D eigenvalue weighted by atomic mass is 16.5. The van der Waals surface area contributed by atoms with Gasteiger partial charge >= 0.3 is 5.91 Å². The third kappa shape index (κ3) is 4.06. The van der Waals surface area contributed by atoms with E-state index in [0.717, 1.165) is 22.1 Å². The fraction of sp³-hybridized carbons (Fsp3) is 0.0526. The van der Waals surface area contributed by atoms with Crippen LogP contribution in [0.25, 0.3) is 16.8 Å². The van der Waals surface area contributed by atoms with E-state index in [1.165, 1.54) is 18.4 Å². The molecular weight excluding hydrogens is 320 g/mol. The topological polar surface area (TPSA) is 80.6 Å². The summed E-state index contributed by atoms with van der Waals surface area (Å²) in [7, 11) is 1.63. The van der Waals surface area contributed by atoms with Gasteiger partial charge in [0.15, 0.2) is 5.76 Å². The molecule has 2 aromatic carbocycles. The zero-order valence-electron chi connectivity index (χ0n) is 13.5. The Morgan fingerprint density at radius 3 is 2.60 bits per heavy atom. The first-order valence-corrected chi connectivity index (χ1v) is 7.55. The van der Waals surface area contributed by atoms with Crippen molar-refractivity contribution in [1.29, 1.82) is 0 Å². The number of methoxy groups -OCH3 is 1. The lowest BCUT2D eigenvalue weighted by Crippen LogP contribution is -2.40. The van der Waals surface area contributed by atoms with Crippen LogP contribution < -0.4 is 15.6 Å². The highest BCUT2D eigenvalue weighted by Crippen LogP contribution is 2.22. The molecule has 0 atom stereocenters. The normalized spacial score (nSPS) is 10.8. The third-order valence-electron chi connectivity index (χ3n) is 3.54. The van der Waals surface area contributed by atoms with E-state index in [1.807, 2.05) is 36.4 Å². The van der Waals surface area contributed by atoms with Crippen LogP contribution in [0.3, 0.4) is 0 Å². The monoisotopic (exact) mass is 336 g/mol. The molecule has 6 heteroatoms. The van der Waals surface area contributed by atoms with Crippen LogP contribution in [-0.2, 0) is 4.79 Å². The molecular formula is C19H16N2O4. The highest BCUT2D eigenvalue weighted by molar-refractivity contribution is 5.97. The molecule has 1 aromatic heterocycles. The average molecular weight is 336 g/mol. The maximum Gasteiger partial charge on any atom is 0.305 e. The highest BCUT2D eigenvalue weighted by Gasteiger charge is 2.08. The molecule has 3 rings (SSSR count). The predicted molar refractivity (Wildman–Crippen MR) is 93.9 cm³/mol. The van der Waals surface area contributed by atoms with E-state index in [9.17, 15) is 9.59 Å². The minimum atomic E-state index is -0.522. The van der Waals surface area contributed by atoms with Gasteiger partial charge in [0.2, 0.25) is 0 Å². The van der Waals surface area contributed by atoms with E-state index in [2.05, 4.69) is 10.9 Å². The minimum Gasteiger partial charge on any atom is -0.497 e. The maximum absolute atomic E-state index is 11.8. The average Bonchev–Trinajstić information content (AvgIpc) is 3.18. The molecule has 126 valence electrons. The summed E-state index contributed by atoms with van der Waals surface area (Å²) in [6, 6.07) is 14.7. The Kier molecular flexibility index (Phi) is 4.80. The van der Waals surface area contributed by atoms with Crippen molar-refractivity contribution in [3.8, 4) is 5.75 Å². The number of benzene rings is 2. The van der Waals surface area contributed by atoms with Gasteiger partial charge in [0, 0.05) is 6.08 Å². The SMILES string of the molecule is COc1ccc2cc(C=CC(=O)NNC(=O)c3ccco3)ccc2c1. The van der Waals surface area contributed by atoms with Gasteiger partial charge in [0.1, 0.15) is 5.75 Å². The van der Waals surface area contributed by atoms with Crippen LogP contribution in [0.15, 0.2) is 65.3 Å². The minimum absolute atomic E-state index is 0.120. The number of fused-ring (bicyclic) bond motifs is 1. The smallest absolute Gasteiger partial charge is 0.305 e. The number of nitrogens with one attached hydrogen (secondary N) is 2. The number of carbonyl (C=O) groups excluding carboxylic acids is 2. The lowest BCUT2D eigenvalue weighted by atomic mass is 10.1. The molecule has 0 spiro atoms. The summed E-state index contributed by atoms with van der Waals surface area (Å²) in [5.41, 5.74) is 5.42. The van der Waals surface area contributed by atoms with Crippen molar-refractivity contribution in [2.45, 2.75) is 0 Å². The number of hydrogen-bond acceptors (Lipinski definition) is 4. The van der Waals surface area contributed by atoms with E-state index in [1.54, 1.807) is 19.3 Å². The van der Waals surface area contributed by atoms with Crippen LogP contribution in [0.1, 0.15) is 16.1 Å². The number of ether oxygens (including phenoxy) is 1. The van der Waals surface area contributed by atoms with Crippen LogP contribution >= 0.6 is 0 Å². The first-order valence-electron chi connectivity index (χ1n) is 7.55. The van der Waals surface area contributed by atoms with Crippen molar-refractivity contribution >= 4 is 28.7 Å². The summed E-state index contributed by atoms with van der Waals surface area (Å²) in [4.78, 5) is 23.4. The van der Waals surface area contributed by atoms with Gasteiger partial charge in [-0.2, -0.15) is 0 Å². The van der Waals surface area contributed by atoms with E-state index >= 15 is 0 Å². The molecule has 1 heterocycles. The lowest BCUT2D eigenvalue weighted by molar-refractivity contribution is -0.117. The zero-order valence-corrected chi connectivity index (χ0v) is 13.5.